The van der Waals surface area contributed by atoms with Crippen LogP contribution in [0.15, 0.2) is 60.8 Å². The Bertz CT molecular complexity index is 1190. The smallest absolute Gasteiger partial charge is 0.416 e. The molecule has 1 aliphatic rings. The molecule has 8 nitrogen and oxygen atoms in total. The zero-order chi connectivity index (χ0) is 25.0. The van der Waals surface area contributed by atoms with Gasteiger partial charge in [0.05, 0.1) is 31.1 Å². The normalized spacial score (nSPS) is 14.1. The lowest BCUT2D eigenvalue weighted by Gasteiger charge is -2.36. The van der Waals surface area contributed by atoms with Gasteiger partial charge in [0.1, 0.15) is 0 Å². The Balaban J connectivity index is 1.37. The van der Waals surface area contributed by atoms with E-state index in [1.54, 1.807) is 4.90 Å². The lowest BCUT2D eigenvalue weighted by Crippen LogP contribution is -2.51. The van der Waals surface area contributed by atoms with Crippen LogP contribution in [0.3, 0.4) is 0 Å². The van der Waals surface area contributed by atoms with Gasteiger partial charge in [-0.1, -0.05) is 24.3 Å². The number of alkyl halides is 3. The van der Waals surface area contributed by atoms with Crippen molar-refractivity contribution >= 4 is 17.5 Å². The Morgan fingerprint density at radius 2 is 1.69 bits per heavy atom. The minimum Gasteiger partial charge on any atom is -0.493 e. The quantitative estimate of drug-likeness (QED) is 0.579. The minimum atomic E-state index is -4.51. The third kappa shape index (κ3) is 5.56. The monoisotopic (exact) mass is 487 g/mol. The topological polar surface area (TPSA) is 79.7 Å². The maximum atomic E-state index is 13.0. The number of piperazine rings is 1. The molecular formula is C24H24F3N5O3. The molecule has 1 aromatic heterocycles. The predicted molar refractivity (Wildman–Crippen MR) is 123 cm³/mol. The van der Waals surface area contributed by atoms with E-state index in [1.165, 1.54) is 25.4 Å². The van der Waals surface area contributed by atoms with E-state index in [0.29, 0.717) is 26.2 Å². The molecule has 2 aromatic carbocycles. The summed E-state index contributed by atoms with van der Waals surface area (Å²) in [6.07, 6.45) is -3.20. The Kier molecular flexibility index (Phi) is 6.94. The number of carbonyl (C=O) groups excluding carboxylic acids is 2. The zero-order valence-electron chi connectivity index (χ0n) is 19.0. The van der Waals surface area contributed by atoms with E-state index in [4.69, 9.17) is 4.74 Å². The van der Waals surface area contributed by atoms with Gasteiger partial charge in [0.15, 0.2) is 11.4 Å². The number of benzene rings is 2. The number of ether oxygens (including phenoxy) is 1. The van der Waals surface area contributed by atoms with Crippen LogP contribution in [0.25, 0.3) is 5.69 Å². The maximum absolute atomic E-state index is 13.0. The van der Waals surface area contributed by atoms with Crippen molar-refractivity contribution in [3.05, 3.63) is 72.1 Å². The second kappa shape index (κ2) is 10.1. The zero-order valence-corrected chi connectivity index (χ0v) is 19.0. The van der Waals surface area contributed by atoms with Crippen molar-refractivity contribution in [2.75, 3.05) is 44.7 Å². The predicted octanol–water partition coefficient (Wildman–Crippen LogP) is 2.98. The Morgan fingerprint density at radius 1 is 1.00 bits per heavy atom. The molecule has 0 atom stereocenters. The number of methoxy groups -OCH3 is 1. The molecule has 4 rings (SSSR count). The molecule has 35 heavy (non-hydrogen) atoms. The molecule has 0 aliphatic carbocycles. The summed E-state index contributed by atoms with van der Waals surface area (Å²) in [5.74, 6) is -0.824. The highest BCUT2D eigenvalue weighted by Crippen LogP contribution is 2.30. The highest BCUT2D eigenvalue weighted by Gasteiger charge is 2.31. The summed E-state index contributed by atoms with van der Waals surface area (Å²) >= 11 is 0. The van der Waals surface area contributed by atoms with Gasteiger partial charge >= 0.3 is 6.18 Å². The fourth-order valence-corrected chi connectivity index (χ4v) is 3.83. The molecule has 2 amide bonds. The van der Waals surface area contributed by atoms with Gasteiger partial charge < -0.3 is 19.9 Å². The molecule has 11 heteroatoms. The number of rotatable bonds is 6. The van der Waals surface area contributed by atoms with Crippen molar-refractivity contribution in [3.8, 4) is 11.4 Å². The number of aromatic nitrogens is 2. The Hall–Kier alpha value is -4.02. The summed E-state index contributed by atoms with van der Waals surface area (Å²) in [4.78, 5) is 29.2. The molecule has 0 bridgehead atoms. The van der Waals surface area contributed by atoms with Gasteiger partial charge in [0, 0.05) is 31.9 Å². The van der Waals surface area contributed by atoms with Crippen LogP contribution in [-0.4, -0.2) is 66.3 Å². The van der Waals surface area contributed by atoms with E-state index in [0.717, 1.165) is 22.5 Å². The van der Waals surface area contributed by atoms with Crippen molar-refractivity contribution in [2.24, 2.45) is 0 Å². The average Bonchev–Trinajstić information content (AvgIpc) is 3.32. The second-order valence-corrected chi connectivity index (χ2v) is 7.92. The molecule has 184 valence electrons. The lowest BCUT2D eigenvalue weighted by molar-refractivity contribution is -0.137. The van der Waals surface area contributed by atoms with Crippen LogP contribution in [-0.2, 0) is 11.0 Å². The van der Waals surface area contributed by atoms with Gasteiger partial charge in [0.2, 0.25) is 5.91 Å². The van der Waals surface area contributed by atoms with E-state index >= 15 is 0 Å². The number of anilines is 1. The molecule has 1 fully saturated rings. The SMILES string of the molecule is COc1cn(-c2cccc(C(F)(F)F)c2)nc1C(=O)NCC(=O)N1CCN(c2ccccc2)CC1. The molecule has 0 radical (unpaired) electrons. The molecule has 0 saturated carbocycles. The van der Waals surface area contributed by atoms with Gasteiger partial charge in [0.25, 0.3) is 5.91 Å². The van der Waals surface area contributed by atoms with Crippen LogP contribution in [0, 0.1) is 0 Å². The number of nitrogens with zero attached hydrogens (tertiary/aromatic N) is 4. The summed E-state index contributed by atoms with van der Waals surface area (Å²) in [6.45, 7) is 2.18. The van der Waals surface area contributed by atoms with Gasteiger partial charge in [-0.05, 0) is 30.3 Å². The van der Waals surface area contributed by atoms with E-state index in [2.05, 4.69) is 15.3 Å². The first-order valence-electron chi connectivity index (χ1n) is 10.9. The standard InChI is InChI=1S/C24H24F3N5O3/c1-35-20-16-32(19-9-5-6-17(14-19)24(25,26)27)29-22(20)23(34)28-15-21(33)31-12-10-30(11-13-31)18-7-3-2-4-8-18/h2-9,14,16H,10-13,15H2,1H3,(H,28,34). The summed E-state index contributed by atoms with van der Waals surface area (Å²) in [7, 11) is 1.32. The number of nitrogens with one attached hydrogen (secondary N) is 1. The van der Waals surface area contributed by atoms with Crippen molar-refractivity contribution < 1.29 is 27.5 Å². The van der Waals surface area contributed by atoms with Crippen LogP contribution in [0.2, 0.25) is 0 Å². The lowest BCUT2D eigenvalue weighted by atomic mass is 10.2. The van der Waals surface area contributed by atoms with Gasteiger partial charge in [-0.25, -0.2) is 4.68 Å². The van der Waals surface area contributed by atoms with E-state index < -0.39 is 17.6 Å². The first-order valence-corrected chi connectivity index (χ1v) is 10.9. The van der Waals surface area contributed by atoms with Gasteiger partial charge in [-0.3, -0.25) is 9.59 Å². The summed E-state index contributed by atoms with van der Waals surface area (Å²) in [5, 5.41) is 6.62. The summed E-state index contributed by atoms with van der Waals surface area (Å²) in [6, 6.07) is 14.5. The first kappa shape index (κ1) is 24.1. The number of para-hydroxylation sites is 1. The van der Waals surface area contributed by atoms with Crippen molar-refractivity contribution in [2.45, 2.75) is 6.18 Å². The van der Waals surface area contributed by atoms with Crippen LogP contribution in [0.1, 0.15) is 16.1 Å². The van der Waals surface area contributed by atoms with Crippen molar-refractivity contribution in [1.29, 1.82) is 0 Å². The van der Waals surface area contributed by atoms with E-state index in [1.807, 2.05) is 30.3 Å². The van der Waals surface area contributed by atoms with Gasteiger partial charge in [-0.15, -0.1) is 0 Å². The van der Waals surface area contributed by atoms with E-state index in [-0.39, 0.29) is 29.6 Å². The molecule has 3 aromatic rings. The third-order valence-corrected chi connectivity index (χ3v) is 5.71. The fraction of sp³-hybridized carbons (Fsp3) is 0.292. The molecule has 0 spiro atoms. The van der Waals surface area contributed by atoms with Crippen LogP contribution < -0.4 is 15.0 Å². The molecule has 1 aliphatic heterocycles. The number of halogens is 3. The van der Waals surface area contributed by atoms with Gasteiger partial charge in [-0.2, -0.15) is 18.3 Å². The third-order valence-electron chi connectivity index (χ3n) is 5.71. The molecule has 2 heterocycles. The largest absolute Gasteiger partial charge is 0.493 e. The number of amides is 2. The average molecular weight is 487 g/mol. The Morgan fingerprint density at radius 3 is 2.34 bits per heavy atom. The minimum absolute atomic E-state index is 0.0730. The fourth-order valence-electron chi connectivity index (χ4n) is 3.83. The molecule has 0 unspecified atom stereocenters. The number of carbonyl (C=O) groups is 2. The number of hydrogen-bond donors (Lipinski definition) is 1. The second-order valence-electron chi connectivity index (χ2n) is 7.92. The highest BCUT2D eigenvalue weighted by atomic mass is 19.4. The Labute approximate surface area is 199 Å². The summed E-state index contributed by atoms with van der Waals surface area (Å²) < 4.78 is 45.4. The molecule has 1 N–H and O–H groups in total. The van der Waals surface area contributed by atoms with Crippen LogP contribution in [0.4, 0.5) is 18.9 Å². The maximum Gasteiger partial charge on any atom is 0.416 e. The first-order chi connectivity index (χ1) is 16.8. The van der Waals surface area contributed by atoms with Crippen LogP contribution >= 0.6 is 0 Å². The van der Waals surface area contributed by atoms with Crippen LogP contribution in [0.5, 0.6) is 5.75 Å². The number of hydrogen-bond acceptors (Lipinski definition) is 5. The van der Waals surface area contributed by atoms with E-state index in [9.17, 15) is 22.8 Å². The summed E-state index contributed by atoms with van der Waals surface area (Å²) in [5.41, 5.74) is 0.237. The molecular weight excluding hydrogens is 463 g/mol. The highest BCUT2D eigenvalue weighted by molar-refractivity contribution is 5.97. The van der Waals surface area contributed by atoms with Crippen molar-refractivity contribution in [1.82, 2.24) is 20.0 Å². The molecule has 1 saturated heterocycles. The van der Waals surface area contributed by atoms with Crippen molar-refractivity contribution in [3.63, 3.8) is 0 Å².